The average molecular weight is 417 g/mol. The van der Waals surface area contributed by atoms with Crippen molar-refractivity contribution < 1.29 is 23.0 Å². The van der Waals surface area contributed by atoms with Crippen LogP contribution >= 0.6 is 0 Å². The van der Waals surface area contributed by atoms with E-state index in [1.807, 2.05) is 0 Å². The van der Waals surface area contributed by atoms with Crippen LogP contribution in [0, 0.1) is 23.5 Å². The number of halogens is 2. The molecule has 1 atom stereocenters. The van der Waals surface area contributed by atoms with Gasteiger partial charge in [0, 0.05) is 18.7 Å². The second-order valence-electron chi connectivity index (χ2n) is 7.90. The standard InChI is InChI=1S/C22H25F2N3O3/c1-2-29-21(28)7-15-5-6-27(12-15)22-17(23)8-16(9-18(22)24)19-10-25-11-20(26-19)30-13-14-3-4-14/h8-11,14-15H,2-7,12-13H2,1H3. The van der Waals surface area contributed by atoms with Crippen molar-refractivity contribution in [3.63, 3.8) is 0 Å². The Balaban J connectivity index is 1.47. The molecule has 0 amide bonds. The Kier molecular flexibility index (Phi) is 6.11. The summed E-state index contributed by atoms with van der Waals surface area (Å²) in [7, 11) is 0. The van der Waals surface area contributed by atoms with Crippen molar-refractivity contribution in [2.75, 3.05) is 31.2 Å². The molecule has 1 aromatic heterocycles. The summed E-state index contributed by atoms with van der Waals surface area (Å²) in [5, 5.41) is 0. The third-order valence-electron chi connectivity index (χ3n) is 5.45. The van der Waals surface area contributed by atoms with Gasteiger partial charge in [0.05, 0.1) is 37.7 Å². The molecule has 1 unspecified atom stereocenters. The topological polar surface area (TPSA) is 64.5 Å². The summed E-state index contributed by atoms with van der Waals surface area (Å²) in [4.78, 5) is 21.7. The zero-order valence-electron chi connectivity index (χ0n) is 16.9. The smallest absolute Gasteiger partial charge is 0.306 e. The van der Waals surface area contributed by atoms with E-state index in [0.717, 1.165) is 12.8 Å². The van der Waals surface area contributed by atoms with Gasteiger partial charge in [-0.1, -0.05) is 0 Å². The summed E-state index contributed by atoms with van der Waals surface area (Å²) in [5.74, 6) is -0.652. The van der Waals surface area contributed by atoms with Crippen molar-refractivity contribution >= 4 is 11.7 Å². The van der Waals surface area contributed by atoms with Gasteiger partial charge in [-0.3, -0.25) is 9.78 Å². The van der Waals surface area contributed by atoms with E-state index in [1.54, 1.807) is 11.8 Å². The third-order valence-corrected chi connectivity index (χ3v) is 5.45. The molecule has 1 aliphatic heterocycles. The fourth-order valence-electron chi connectivity index (χ4n) is 3.72. The Labute approximate surface area is 174 Å². The fraction of sp³-hybridized carbons (Fsp3) is 0.500. The highest BCUT2D eigenvalue weighted by Gasteiger charge is 2.29. The van der Waals surface area contributed by atoms with E-state index in [-0.39, 0.29) is 24.0 Å². The fourth-order valence-corrected chi connectivity index (χ4v) is 3.72. The Hall–Kier alpha value is -2.77. The number of benzene rings is 1. The Morgan fingerprint density at radius 2 is 1.93 bits per heavy atom. The van der Waals surface area contributed by atoms with Crippen LogP contribution in [0.25, 0.3) is 11.3 Å². The summed E-state index contributed by atoms with van der Waals surface area (Å²) >= 11 is 0. The van der Waals surface area contributed by atoms with Gasteiger partial charge in [0.15, 0.2) is 0 Å². The van der Waals surface area contributed by atoms with Gasteiger partial charge in [0.2, 0.25) is 5.88 Å². The third kappa shape index (κ3) is 4.86. The first-order valence-corrected chi connectivity index (χ1v) is 10.4. The van der Waals surface area contributed by atoms with Crippen LogP contribution in [0.15, 0.2) is 24.5 Å². The Bertz CT molecular complexity index is 897. The molecule has 1 aromatic carbocycles. The van der Waals surface area contributed by atoms with Crippen LogP contribution in [-0.4, -0.2) is 42.2 Å². The number of esters is 1. The second kappa shape index (κ2) is 8.93. The molecule has 2 aliphatic rings. The van der Waals surface area contributed by atoms with Gasteiger partial charge in [0.1, 0.15) is 17.3 Å². The van der Waals surface area contributed by atoms with Crippen molar-refractivity contribution in [1.29, 1.82) is 0 Å². The number of carbonyl (C=O) groups is 1. The molecule has 160 valence electrons. The number of aromatic nitrogens is 2. The van der Waals surface area contributed by atoms with Crippen molar-refractivity contribution in [2.45, 2.75) is 32.6 Å². The molecule has 0 N–H and O–H groups in total. The largest absolute Gasteiger partial charge is 0.476 e. The number of carbonyl (C=O) groups excluding carboxylic acids is 1. The quantitative estimate of drug-likeness (QED) is 0.605. The highest BCUT2D eigenvalue weighted by molar-refractivity contribution is 5.70. The summed E-state index contributed by atoms with van der Waals surface area (Å²) in [6.45, 7) is 3.57. The molecule has 1 aliphatic carbocycles. The van der Waals surface area contributed by atoms with E-state index in [2.05, 4.69) is 9.97 Å². The Morgan fingerprint density at radius 1 is 1.17 bits per heavy atom. The van der Waals surface area contributed by atoms with Crippen LogP contribution in [-0.2, 0) is 9.53 Å². The van der Waals surface area contributed by atoms with Crippen LogP contribution in [0.3, 0.4) is 0 Å². The minimum Gasteiger partial charge on any atom is -0.476 e. The van der Waals surface area contributed by atoms with Crippen molar-refractivity contribution in [1.82, 2.24) is 9.97 Å². The lowest BCUT2D eigenvalue weighted by molar-refractivity contribution is -0.144. The van der Waals surface area contributed by atoms with Gasteiger partial charge in [-0.25, -0.2) is 13.8 Å². The molecular formula is C22H25F2N3O3. The van der Waals surface area contributed by atoms with Gasteiger partial charge in [-0.15, -0.1) is 0 Å². The zero-order valence-corrected chi connectivity index (χ0v) is 16.9. The molecule has 4 rings (SSSR count). The first-order chi connectivity index (χ1) is 14.5. The Morgan fingerprint density at radius 3 is 2.63 bits per heavy atom. The number of nitrogens with zero attached hydrogens (tertiary/aromatic N) is 3. The SMILES string of the molecule is CCOC(=O)CC1CCN(c2c(F)cc(-c3cncc(OCC4CC4)n3)cc2F)C1. The minimum absolute atomic E-state index is 0.0219. The molecule has 2 fully saturated rings. The minimum atomic E-state index is -0.659. The predicted molar refractivity (Wildman–Crippen MR) is 107 cm³/mol. The first-order valence-electron chi connectivity index (χ1n) is 10.4. The lowest BCUT2D eigenvalue weighted by atomic mass is 10.1. The van der Waals surface area contributed by atoms with E-state index >= 15 is 0 Å². The van der Waals surface area contributed by atoms with Crippen LogP contribution < -0.4 is 9.64 Å². The van der Waals surface area contributed by atoms with E-state index < -0.39 is 11.6 Å². The van der Waals surface area contributed by atoms with Crippen molar-refractivity contribution in [2.24, 2.45) is 11.8 Å². The molecule has 0 radical (unpaired) electrons. The second-order valence-corrected chi connectivity index (χ2v) is 7.90. The number of hydrogen-bond acceptors (Lipinski definition) is 6. The van der Waals surface area contributed by atoms with Gasteiger partial charge < -0.3 is 14.4 Å². The van der Waals surface area contributed by atoms with E-state index in [0.29, 0.717) is 55.8 Å². The first kappa shape index (κ1) is 20.5. The maximum absolute atomic E-state index is 14.9. The van der Waals surface area contributed by atoms with E-state index in [1.165, 1.54) is 24.5 Å². The normalized spacial score (nSPS) is 18.5. The summed E-state index contributed by atoms with van der Waals surface area (Å²) < 4.78 is 40.3. The maximum Gasteiger partial charge on any atom is 0.306 e. The maximum atomic E-state index is 14.9. The molecule has 0 bridgehead atoms. The molecule has 30 heavy (non-hydrogen) atoms. The van der Waals surface area contributed by atoms with Crippen molar-refractivity contribution in [3.05, 3.63) is 36.2 Å². The zero-order chi connectivity index (χ0) is 21.1. The number of anilines is 1. The lowest BCUT2D eigenvalue weighted by Gasteiger charge is -2.20. The molecule has 1 saturated heterocycles. The van der Waals surface area contributed by atoms with Gasteiger partial charge >= 0.3 is 5.97 Å². The molecular weight excluding hydrogens is 392 g/mol. The van der Waals surface area contributed by atoms with Gasteiger partial charge in [-0.2, -0.15) is 0 Å². The summed E-state index contributed by atoms with van der Waals surface area (Å²) in [6.07, 6.45) is 6.22. The van der Waals surface area contributed by atoms with Crippen LogP contribution in [0.1, 0.15) is 32.6 Å². The molecule has 2 aromatic rings. The lowest BCUT2D eigenvalue weighted by Crippen LogP contribution is -2.23. The number of hydrogen-bond donors (Lipinski definition) is 0. The van der Waals surface area contributed by atoms with Crippen LogP contribution in [0.5, 0.6) is 5.88 Å². The molecule has 2 heterocycles. The highest BCUT2D eigenvalue weighted by atomic mass is 19.1. The van der Waals surface area contributed by atoms with Crippen LogP contribution in [0.4, 0.5) is 14.5 Å². The van der Waals surface area contributed by atoms with E-state index in [9.17, 15) is 13.6 Å². The highest BCUT2D eigenvalue weighted by Crippen LogP contribution is 2.34. The van der Waals surface area contributed by atoms with Gasteiger partial charge in [0.25, 0.3) is 0 Å². The summed E-state index contributed by atoms with van der Waals surface area (Å²) in [5.41, 5.74) is 0.592. The number of ether oxygens (including phenoxy) is 2. The van der Waals surface area contributed by atoms with E-state index in [4.69, 9.17) is 9.47 Å². The van der Waals surface area contributed by atoms with Crippen molar-refractivity contribution in [3.8, 4) is 17.1 Å². The van der Waals surface area contributed by atoms with Crippen LogP contribution in [0.2, 0.25) is 0 Å². The predicted octanol–water partition coefficient (Wildman–Crippen LogP) is 3.99. The summed E-state index contributed by atoms with van der Waals surface area (Å²) in [6, 6.07) is 2.54. The molecule has 1 saturated carbocycles. The molecule has 8 heteroatoms. The van der Waals surface area contributed by atoms with Gasteiger partial charge in [-0.05, 0) is 50.2 Å². The molecule has 6 nitrogen and oxygen atoms in total. The monoisotopic (exact) mass is 417 g/mol. The average Bonchev–Trinajstić information content (AvgIpc) is 3.45. The molecule has 0 spiro atoms. The number of rotatable bonds is 8.